The molecule has 2 unspecified atom stereocenters. The van der Waals surface area contributed by atoms with Gasteiger partial charge in [-0.1, -0.05) is 12.1 Å². The van der Waals surface area contributed by atoms with Gasteiger partial charge >= 0.3 is 0 Å². The van der Waals surface area contributed by atoms with Gasteiger partial charge < -0.3 is 15.4 Å². The molecule has 0 radical (unpaired) electrons. The van der Waals surface area contributed by atoms with E-state index in [9.17, 15) is 4.79 Å². The summed E-state index contributed by atoms with van der Waals surface area (Å²) in [6.07, 6.45) is -0.479. The molecular formula is C13H20N2O2. The molecule has 0 saturated carbocycles. The zero-order valence-electron chi connectivity index (χ0n) is 10.8. The summed E-state index contributed by atoms with van der Waals surface area (Å²) in [4.78, 5) is 11.3. The van der Waals surface area contributed by atoms with Crippen molar-refractivity contribution in [1.29, 1.82) is 0 Å². The van der Waals surface area contributed by atoms with Gasteiger partial charge in [0, 0.05) is 13.1 Å². The van der Waals surface area contributed by atoms with Crippen LogP contribution in [0.5, 0.6) is 5.75 Å². The molecule has 0 spiro atoms. The highest BCUT2D eigenvalue weighted by molar-refractivity contribution is 5.80. The van der Waals surface area contributed by atoms with Crippen LogP contribution in [-0.2, 0) is 4.79 Å². The molecule has 0 fully saturated rings. The van der Waals surface area contributed by atoms with E-state index in [0.29, 0.717) is 11.8 Å². The van der Waals surface area contributed by atoms with Crippen molar-refractivity contribution in [1.82, 2.24) is 10.6 Å². The molecule has 2 atom stereocenters. The average Bonchev–Trinajstić information content (AvgIpc) is 2.37. The molecule has 4 heteroatoms. The van der Waals surface area contributed by atoms with Crippen molar-refractivity contribution >= 4 is 5.91 Å². The van der Waals surface area contributed by atoms with E-state index in [-0.39, 0.29) is 5.91 Å². The third-order valence-electron chi connectivity index (χ3n) is 2.74. The lowest BCUT2D eigenvalue weighted by Crippen LogP contribution is -2.33. The fourth-order valence-electron chi connectivity index (χ4n) is 1.46. The number of amides is 1. The summed E-state index contributed by atoms with van der Waals surface area (Å²) in [6, 6.07) is 8.05. The normalized spacial score (nSPS) is 13.9. The van der Waals surface area contributed by atoms with Crippen LogP contribution in [0.15, 0.2) is 24.3 Å². The molecule has 0 bridgehead atoms. The molecule has 1 rings (SSSR count). The van der Waals surface area contributed by atoms with E-state index in [2.05, 4.69) is 17.6 Å². The van der Waals surface area contributed by atoms with Crippen LogP contribution in [0.3, 0.4) is 0 Å². The van der Waals surface area contributed by atoms with Gasteiger partial charge in [-0.25, -0.2) is 0 Å². The first kappa shape index (κ1) is 13.5. The predicted octanol–water partition coefficient (Wildman–Crippen LogP) is 1.48. The molecule has 2 N–H and O–H groups in total. The van der Waals surface area contributed by atoms with Crippen molar-refractivity contribution in [2.75, 3.05) is 14.1 Å². The van der Waals surface area contributed by atoms with Gasteiger partial charge in [0.2, 0.25) is 0 Å². The van der Waals surface area contributed by atoms with E-state index >= 15 is 0 Å². The minimum atomic E-state index is -0.479. The maximum Gasteiger partial charge on any atom is 0.260 e. The number of hydrogen-bond donors (Lipinski definition) is 2. The number of nitrogens with one attached hydrogen (secondary N) is 2. The highest BCUT2D eigenvalue weighted by atomic mass is 16.5. The van der Waals surface area contributed by atoms with Crippen LogP contribution < -0.4 is 15.4 Å². The lowest BCUT2D eigenvalue weighted by atomic mass is 10.1. The molecule has 1 amide bonds. The number of carbonyl (C=O) groups is 1. The largest absolute Gasteiger partial charge is 0.481 e. The third-order valence-corrected chi connectivity index (χ3v) is 2.74. The zero-order valence-corrected chi connectivity index (χ0v) is 10.8. The summed E-state index contributed by atoms with van der Waals surface area (Å²) < 4.78 is 5.50. The lowest BCUT2D eigenvalue weighted by Gasteiger charge is -2.15. The summed E-state index contributed by atoms with van der Waals surface area (Å²) >= 11 is 0. The van der Waals surface area contributed by atoms with Crippen molar-refractivity contribution in [3.05, 3.63) is 29.8 Å². The van der Waals surface area contributed by atoms with Gasteiger partial charge in [0.25, 0.3) is 5.91 Å². The van der Waals surface area contributed by atoms with Gasteiger partial charge in [0.15, 0.2) is 6.10 Å². The summed E-state index contributed by atoms with van der Waals surface area (Å²) in [5.74, 6) is 0.575. The lowest BCUT2D eigenvalue weighted by molar-refractivity contribution is -0.126. The monoisotopic (exact) mass is 236 g/mol. The minimum absolute atomic E-state index is 0.127. The second-order valence-electron chi connectivity index (χ2n) is 3.95. The van der Waals surface area contributed by atoms with Gasteiger partial charge in [-0.05, 0) is 38.6 Å². The molecule has 0 aliphatic carbocycles. The SMILES string of the molecule is CNC(=O)C(C)Oc1ccc(C(C)NC)cc1. The van der Waals surface area contributed by atoms with Gasteiger partial charge in [0.05, 0.1) is 0 Å². The number of rotatable bonds is 5. The standard InChI is InChI=1S/C13H20N2O2/c1-9(14-3)11-5-7-12(8-6-11)17-10(2)13(16)15-4/h5-10,14H,1-4H3,(H,15,16). The Morgan fingerprint density at radius 1 is 1.18 bits per heavy atom. The first-order chi connectivity index (χ1) is 8.08. The number of carbonyl (C=O) groups excluding carboxylic acids is 1. The number of hydrogen-bond acceptors (Lipinski definition) is 3. The van der Waals surface area contributed by atoms with Crippen molar-refractivity contribution in [3.8, 4) is 5.75 Å². The van der Waals surface area contributed by atoms with E-state index in [1.54, 1.807) is 14.0 Å². The Morgan fingerprint density at radius 3 is 2.24 bits per heavy atom. The molecular weight excluding hydrogens is 216 g/mol. The molecule has 4 nitrogen and oxygen atoms in total. The van der Waals surface area contributed by atoms with E-state index in [1.807, 2.05) is 31.3 Å². The molecule has 94 valence electrons. The Bertz CT molecular complexity index is 362. The van der Waals surface area contributed by atoms with E-state index < -0.39 is 6.10 Å². The Kier molecular flexibility index (Phi) is 4.97. The van der Waals surface area contributed by atoms with Gasteiger partial charge in [-0.2, -0.15) is 0 Å². The van der Waals surface area contributed by atoms with Crippen LogP contribution in [0.2, 0.25) is 0 Å². The maximum absolute atomic E-state index is 11.3. The van der Waals surface area contributed by atoms with E-state index in [1.165, 1.54) is 5.56 Å². The predicted molar refractivity (Wildman–Crippen MR) is 68.1 cm³/mol. The van der Waals surface area contributed by atoms with Crippen molar-refractivity contribution < 1.29 is 9.53 Å². The molecule has 0 saturated heterocycles. The molecule has 0 aromatic heterocycles. The first-order valence-corrected chi connectivity index (χ1v) is 5.74. The van der Waals surface area contributed by atoms with Crippen LogP contribution in [0.25, 0.3) is 0 Å². The number of likely N-dealkylation sites (N-methyl/N-ethyl adjacent to an activating group) is 1. The fraction of sp³-hybridized carbons (Fsp3) is 0.462. The Hall–Kier alpha value is -1.55. The van der Waals surface area contributed by atoms with Crippen molar-refractivity contribution in [2.24, 2.45) is 0 Å². The van der Waals surface area contributed by atoms with Gasteiger partial charge in [0.1, 0.15) is 5.75 Å². The van der Waals surface area contributed by atoms with Crippen molar-refractivity contribution in [3.63, 3.8) is 0 Å². The number of ether oxygens (including phenoxy) is 1. The Balaban J connectivity index is 2.65. The molecule has 0 aliphatic rings. The maximum atomic E-state index is 11.3. The highest BCUT2D eigenvalue weighted by Crippen LogP contribution is 2.18. The van der Waals surface area contributed by atoms with Crippen LogP contribution in [0.4, 0.5) is 0 Å². The molecule has 1 aromatic rings. The Labute approximate surface area is 102 Å². The molecule has 0 aliphatic heterocycles. The third kappa shape index (κ3) is 3.75. The summed E-state index contributed by atoms with van der Waals surface area (Å²) in [5.41, 5.74) is 1.19. The number of benzene rings is 1. The fourth-order valence-corrected chi connectivity index (χ4v) is 1.46. The highest BCUT2D eigenvalue weighted by Gasteiger charge is 2.12. The average molecular weight is 236 g/mol. The van der Waals surface area contributed by atoms with Gasteiger partial charge in [-0.3, -0.25) is 4.79 Å². The summed E-state index contributed by atoms with van der Waals surface area (Å²) in [5, 5.41) is 5.71. The minimum Gasteiger partial charge on any atom is -0.481 e. The Morgan fingerprint density at radius 2 is 1.76 bits per heavy atom. The second kappa shape index (κ2) is 6.25. The molecule has 1 aromatic carbocycles. The van der Waals surface area contributed by atoms with Crippen LogP contribution in [0.1, 0.15) is 25.5 Å². The summed E-state index contributed by atoms with van der Waals surface area (Å²) in [6.45, 7) is 3.81. The smallest absolute Gasteiger partial charge is 0.260 e. The van der Waals surface area contributed by atoms with E-state index in [0.717, 1.165) is 0 Å². The summed E-state index contributed by atoms with van der Waals surface area (Å²) in [7, 11) is 3.52. The molecule has 0 heterocycles. The van der Waals surface area contributed by atoms with Crippen molar-refractivity contribution in [2.45, 2.75) is 26.0 Å². The zero-order chi connectivity index (χ0) is 12.8. The second-order valence-corrected chi connectivity index (χ2v) is 3.95. The first-order valence-electron chi connectivity index (χ1n) is 5.74. The topological polar surface area (TPSA) is 50.4 Å². The van der Waals surface area contributed by atoms with Crippen LogP contribution in [0, 0.1) is 0 Å². The van der Waals surface area contributed by atoms with Crippen LogP contribution in [-0.4, -0.2) is 26.1 Å². The van der Waals surface area contributed by atoms with E-state index in [4.69, 9.17) is 4.74 Å². The van der Waals surface area contributed by atoms with Crippen LogP contribution >= 0.6 is 0 Å². The quantitative estimate of drug-likeness (QED) is 0.814. The van der Waals surface area contributed by atoms with Gasteiger partial charge in [-0.15, -0.1) is 0 Å². The molecule has 17 heavy (non-hydrogen) atoms.